The molecule has 1 aliphatic heterocycles. The van der Waals surface area contributed by atoms with Crippen molar-refractivity contribution < 1.29 is 22.3 Å². The minimum absolute atomic E-state index is 0.0698. The summed E-state index contributed by atoms with van der Waals surface area (Å²) < 4.78 is 30.3. The van der Waals surface area contributed by atoms with Crippen molar-refractivity contribution in [1.82, 2.24) is 5.06 Å². The van der Waals surface area contributed by atoms with Crippen LogP contribution in [0.4, 0.5) is 0 Å². The number of aryl methyl sites for hydroxylation is 1. The largest absolute Gasteiger partial charge is 0.318 e. The average Bonchev–Trinajstić information content (AvgIpc) is 2.93. The lowest BCUT2D eigenvalue weighted by atomic mass is 9.86. The van der Waals surface area contributed by atoms with E-state index in [9.17, 15) is 18.0 Å². The van der Waals surface area contributed by atoms with Crippen LogP contribution in [0.25, 0.3) is 0 Å². The van der Waals surface area contributed by atoms with Crippen molar-refractivity contribution >= 4 is 21.9 Å². The van der Waals surface area contributed by atoms with E-state index < -0.39 is 33.8 Å². The maximum absolute atomic E-state index is 13.0. The van der Waals surface area contributed by atoms with Crippen LogP contribution in [0.2, 0.25) is 0 Å². The molecule has 1 aliphatic rings. The van der Waals surface area contributed by atoms with Crippen LogP contribution in [0, 0.1) is 18.8 Å². The molecule has 0 aliphatic carbocycles. The number of nitrogens with zero attached hydrogens (tertiary/aromatic N) is 1. The normalized spacial score (nSPS) is 19.6. The van der Waals surface area contributed by atoms with Crippen molar-refractivity contribution in [2.24, 2.45) is 11.8 Å². The predicted molar refractivity (Wildman–Crippen MR) is 116 cm³/mol. The molecule has 0 radical (unpaired) electrons. The van der Waals surface area contributed by atoms with Crippen molar-refractivity contribution in [3.05, 3.63) is 29.8 Å². The number of carbonyl (C=O) groups is 2. The zero-order valence-electron chi connectivity index (χ0n) is 18.4. The molecule has 30 heavy (non-hydrogen) atoms. The molecule has 2 unspecified atom stereocenters. The predicted octanol–water partition coefficient (Wildman–Crippen LogP) is 5.16. The monoisotopic (exact) mass is 437 g/mol. The Hall–Kier alpha value is -1.73. The molecule has 2 rings (SSSR count). The van der Waals surface area contributed by atoms with E-state index >= 15 is 0 Å². The topological polar surface area (TPSA) is 80.8 Å². The standard InChI is InChI=1S/C23H35NO5S/c1-4-6-8-10-12-20-21(13-11-9-7-5-2)23(26)24(22(20)25)29-30(27,28)19-16-14-18(3)15-17-19/h14-17,20-21H,4-13H2,1-3H3. The number of hydrogen-bond acceptors (Lipinski definition) is 5. The van der Waals surface area contributed by atoms with Gasteiger partial charge in [-0.05, 0) is 31.9 Å². The third-order valence-electron chi connectivity index (χ3n) is 5.74. The molecule has 168 valence electrons. The minimum Gasteiger partial charge on any atom is -0.272 e. The SMILES string of the molecule is CCCCCCC1C(=O)N(OS(=O)(=O)c2ccc(C)cc2)C(=O)C1CCCCCC. The lowest BCUT2D eigenvalue weighted by Gasteiger charge is -2.14. The maximum atomic E-state index is 13.0. The summed E-state index contributed by atoms with van der Waals surface area (Å²) in [5.41, 5.74) is 0.904. The fraction of sp³-hybridized carbons (Fsp3) is 0.652. The molecule has 0 bridgehead atoms. The highest BCUT2D eigenvalue weighted by atomic mass is 32.2. The molecule has 0 spiro atoms. The first-order chi connectivity index (χ1) is 14.3. The Morgan fingerprint density at radius 1 is 0.800 bits per heavy atom. The molecule has 1 fully saturated rings. The van der Waals surface area contributed by atoms with Gasteiger partial charge in [-0.3, -0.25) is 9.59 Å². The van der Waals surface area contributed by atoms with Gasteiger partial charge in [0.1, 0.15) is 0 Å². The number of benzene rings is 1. The first kappa shape index (κ1) is 24.5. The lowest BCUT2D eigenvalue weighted by molar-refractivity contribution is -0.165. The number of hydroxylamine groups is 2. The maximum Gasteiger partial charge on any atom is 0.318 e. The van der Waals surface area contributed by atoms with Gasteiger partial charge in [0.15, 0.2) is 0 Å². The number of rotatable bonds is 13. The van der Waals surface area contributed by atoms with E-state index in [4.69, 9.17) is 4.28 Å². The fourth-order valence-electron chi connectivity index (χ4n) is 3.90. The summed E-state index contributed by atoms with van der Waals surface area (Å²) in [5, 5.41) is 0.518. The Morgan fingerprint density at radius 3 is 1.70 bits per heavy atom. The average molecular weight is 438 g/mol. The van der Waals surface area contributed by atoms with Crippen LogP contribution in [-0.4, -0.2) is 25.3 Å². The van der Waals surface area contributed by atoms with Crippen LogP contribution in [-0.2, 0) is 24.0 Å². The van der Waals surface area contributed by atoms with Gasteiger partial charge in [0.2, 0.25) is 0 Å². The molecule has 0 aromatic heterocycles. The van der Waals surface area contributed by atoms with Crippen LogP contribution in [0.15, 0.2) is 29.2 Å². The molecule has 7 heteroatoms. The highest BCUT2D eigenvalue weighted by molar-refractivity contribution is 7.86. The number of carbonyl (C=O) groups excluding carboxylic acids is 2. The molecule has 1 saturated heterocycles. The second kappa shape index (κ2) is 11.6. The summed E-state index contributed by atoms with van der Waals surface area (Å²) >= 11 is 0. The molecule has 6 nitrogen and oxygen atoms in total. The highest BCUT2D eigenvalue weighted by Crippen LogP contribution is 2.35. The van der Waals surface area contributed by atoms with Crippen LogP contribution < -0.4 is 0 Å². The van der Waals surface area contributed by atoms with Gasteiger partial charge in [0.05, 0.1) is 16.7 Å². The first-order valence-electron chi connectivity index (χ1n) is 11.2. The van der Waals surface area contributed by atoms with E-state index in [1.165, 1.54) is 12.1 Å². The van der Waals surface area contributed by atoms with E-state index in [2.05, 4.69) is 13.8 Å². The molecule has 1 heterocycles. The van der Waals surface area contributed by atoms with Crippen LogP contribution in [0.3, 0.4) is 0 Å². The lowest BCUT2D eigenvalue weighted by Crippen LogP contribution is -2.34. The van der Waals surface area contributed by atoms with E-state index in [-0.39, 0.29) is 4.90 Å². The second-order valence-electron chi connectivity index (χ2n) is 8.22. The first-order valence-corrected chi connectivity index (χ1v) is 12.6. The summed E-state index contributed by atoms with van der Waals surface area (Å²) in [5.74, 6) is -2.03. The number of amides is 2. The molecule has 1 aromatic rings. The highest BCUT2D eigenvalue weighted by Gasteiger charge is 2.49. The Bertz CT molecular complexity index is 773. The summed E-state index contributed by atoms with van der Waals surface area (Å²) in [6.45, 7) is 6.08. The van der Waals surface area contributed by atoms with Crippen molar-refractivity contribution in [1.29, 1.82) is 0 Å². The Kier molecular flexibility index (Phi) is 9.49. The minimum atomic E-state index is -4.25. The summed E-state index contributed by atoms with van der Waals surface area (Å²) in [6.07, 6.45) is 9.21. The molecular weight excluding hydrogens is 402 g/mol. The summed E-state index contributed by atoms with van der Waals surface area (Å²) in [6, 6.07) is 6.13. The molecule has 0 saturated carbocycles. The smallest absolute Gasteiger partial charge is 0.272 e. The zero-order chi connectivity index (χ0) is 22.1. The van der Waals surface area contributed by atoms with Gasteiger partial charge < -0.3 is 0 Å². The number of unbranched alkanes of at least 4 members (excludes halogenated alkanes) is 6. The molecule has 0 N–H and O–H groups in total. The van der Waals surface area contributed by atoms with Crippen LogP contribution >= 0.6 is 0 Å². The van der Waals surface area contributed by atoms with Gasteiger partial charge in [-0.15, -0.1) is 9.35 Å². The Morgan fingerprint density at radius 2 is 1.27 bits per heavy atom. The van der Waals surface area contributed by atoms with Crippen molar-refractivity contribution in [3.8, 4) is 0 Å². The molecule has 2 amide bonds. The van der Waals surface area contributed by atoms with Gasteiger partial charge in [-0.1, -0.05) is 82.9 Å². The van der Waals surface area contributed by atoms with Gasteiger partial charge in [-0.25, -0.2) is 0 Å². The summed E-state index contributed by atoms with van der Waals surface area (Å²) in [4.78, 5) is 25.8. The van der Waals surface area contributed by atoms with Crippen molar-refractivity contribution in [2.75, 3.05) is 0 Å². The van der Waals surface area contributed by atoms with Gasteiger partial charge in [-0.2, -0.15) is 8.42 Å². The van der Waals surface area contributed by atoms with Gasteiger partial charge >= 0.3 is 10.1 Å². The summed E-state index contributed by atoms with van der Waals surface area (Å²) in [7, 11) is -4.25. The van der Waals surface area contributed by atoms with Gasteiger partial charge in [0.25, 0.3) is 11.8 Å². The molecular formula is C23H35NO5S. The van der Waals surface area contributed by atoms with Gasteiger partial charge in [0, 0.05) is 0 Å². The third kappa shape index (κ3) is 6.38. The van der Waals surface area contributed by atoms with Crippen molar-refractivity contribution in [3.63, 3.8) is 0 Å². The molecule has 1 aromatic carbocycles. The van der Waals surface area contributed by atoms with E-state index in [0.29, 0.717) is 17.9 Å². The zero-order valence-corrected chi connectivity index (χ0v) is 19.2. The van der Waals surface area contributed by atoms with E-state index in [1.807, 2.05) is 6.92 Å². The van der Waals surface area contributed by atoms with E-state index in [0.717, 1.165) is 56.9 Å². The quantitative estimate of drug-likeness (QED) is 0.315. The Balaban J connectivity index is 2.14. The van der Waals surface area contributed by atoms with Crippen LogP contribution in [0.5, 0.6) is 0 Å². The molecule has 2 atom stereocenters. The van der Waals surface area contributed by atoms with Crippen LogP contribution in [0.1, 0.15) is 83.6 Å². The number of imide groups is 1. The fourth-order valence-corrected chi connectivity index (χ4v) is 4.80. The van der Waals surface area contributed by atoms with Crippen molar-refractivity contribution in [2.45, 2.75) is 89.9 Å². The second-order valence-corrected chi connectivity index (χ2v) is 9.75. The Labute approximate surface area is 181 Å². The number of hydrogen-bond donors (Lipinski definition) is 0. The van der Waals surface area contributed by atoms with E-state index in [1.54, 1.807) is 12.1 Å². The third-order valence-corrected chi connectivity index (χ3v) is 6.93.